The molecule has 10 heteroatoms. The molecule has 1 unspecified atom stereocenters. The fourth-order valence-electron chi connectivity index (χ4n) is 4.45. The summed E-state index contributed by atoms with van der Waals surface area (Å²) in [6, 6.07) is 0.567. The number of benzene rings is 1. The molecule has 3 heterocycles. The van der Waals surface area contributed by atoms with E-state index in [1.807, 2.05) is 13.8 Å². The average molecular weight is 461 g/mol. The van der Waals surface area contributed by atoms with E-state index in [1.54, 1.807) is 30.2 Å². The Morgan fingerprint density at radius 1 is 1.27 bits per heavy atom. The Morgan fingerprint density at radius 3 is 2.61 bits per heavy atom. The second kappa shape index (κ2) is 7.93. The number of ether oxygens (including phenoxy) is 2. The highest BCUT2D eigenvalue weighted by Crippen LogP contribution is 2.43. The number of carboxylic acids is 1. The third-order valence-corrected chi connectivity index (χ3v) is 6.00. The quantitative estimate of drug-likeness (QED) is 0.723. The van der Waals surface area contributed by atoms with Gasteiger partial charge in [-0.1, -0.05) is 6.92 Å². The number of nitrogens with zero attached hydrogens (tertiary/aromatic N) is 2. The number of hydrogen-bond acceptors (Lipinski definition) is 6. The van der Waals surface area contributed by atoms with Crippen LogP contribution in [0.4, 0.5) is 14.9 Å². The van der Waals surface area contributed by atoms with Crippen LogP contribution < -0.4 is 20.4 Å². The summed E-state index contributed by atoms with van der Waals surface area (Å²) in [7, 11) is 0. The van der Waals surface area contributed by atoms with Crippen molar-refractivity contribution in [3.8, 4) is 5.75 Å². The summed E-state index contributed by atoms with van der Waals surface area (Å²) in [4.78, 5) is 38.3. The van der Waals surface area contributed by atoms with Crippen molar-refractivity contribution >= 4 is 28.7 Å². The maximum atomic E-state index is 15.4. The van der Waals surface area contributed by atoms with Crippen LogP contribution in [0.15, 0.2) is 17.1 Å². The van der Waals surface area contributed by atoms with E-state index in [4.69, 9.17) is 9.47 Å². The van der Waals surface area contributed by atoms with Gasteiger partial charge in [0.2, 0.25) is 5.43 Å². The number of carboxylic acid groups (broad SMARTS) is 1. The van der Waals surface area contributed by atoms with Gasteiger partial charge in [0.1, 0.15) is 23.5 Å². The van der Waals surface area contributed by atoms with Crippen molar-refractivity contribution in [2.24, 2.45) is 5.92 Å². The van der Waals surface area contributed by atoms with Crippen LogP contribution in [-0.2, 0) is 4.74 Å². The Balaban J connectivity index is 1.75. The molecular formula is C23H28FN3O6. The lowest BCUT2D eigenvalue weighted by Gasteiger charge is -2.31. The average Bonchev–Trinajstić information content (AvgIpc) is 3.03. The van der Waals surface area contributed by atoms with E-state index in [9.17, 15) is 19.5 Å². The molecule has 2 N–H and O–H groups in total. The summed E-state index contributed by atoms with van der Waals surface area (Å²) in [6.45, 7) is 10.1. The smallest absolute Gasteiger partial charge is 0.407 e. The lowest BCUT2D eigenvalue weighted by Crippen LogP contribution is -2.42. The van der Waals surface area contributed by atoms with Crippen molar-refractivity contribution in [3.63, 3.8) is 0 Å². The van der Waals surface area contributed by atoms with Crippen LogP contribution in [0.2, 0.25) is 0 Å². The van der Waals surface area contributed by atoms with Crippen LogP contribution in [-0.4, -0.2) is 53.1 Å². The van der Waals surface area contributed by atoms with Gasteiger partial charge in [-0.2, -0.15) is 0 Å². The number of nitrogens with one attached hydrogen (secondary N) is 1. The molecule has 178 valence electrons. The number of amides is 1. The molecule has 2 aliphatic heterocycles. The number of alkyl carbamates (subject to hydrolysis) is 1. The second-order valence-corrected chi connectivity index (χ2v) is 9.81. The van der Waals surface area contributed by atoms with Crippen LogP contribution >= 0.6 is 0 Å². The molecule has 1 fully saturated rings. The number of anilines is 1. The van der Waals surface area contributed by atoms with Crippen molar-refractivity contribution in [2.45, 2.75) is 52.3 Å². The Labute approximate surface area is 190 Å². The maximum Gasteiger partial charge on any atom is 0.407 e. The highest BCUT2D eigenvalue weighted by Gasteiger charge is 2.37. The number of rotatable bonds is 3. The van der Waals surface area contributed by atoms with Gasteiger partial charge in [0, 0.05) is 19.3 Å². The molecule has 1 saturated heterocycles. The van der Waals surface area contributed by atoms with Crippen molar-refractivity contribution in [2.75, 3.05) is 24.6 Å². The second-order valence-electron chi connectivity index (χ2n) is 9.81. The van der Waals surface area contributed by atoms with E-state index in [-0.39, 0.29) is 41.4 Å². The molecule has 2 aliphatic rings. The first-order valence-electron chi connectivity index (χ1n) is 10.9. The molecule has 9 nitrogen and oxygen atoms in total. The number of carbonyl (C=O) groups is 2. The van der Waals surface area contributed by atoms with Gasteiger partial charge in [0.25, 0.3) is 0 Å². The minimum absolute atomic E-state index is 0.00101. The van der Waals surface area contributed by atoms with Crippen LogP contribution in [0, 0.1) is 11.7 Å². The van der Waals surface area contributed by atoms with Crippen LogP contribution in [0.25, 0.3) is 10.9 Å². The maximum absolute atomic E-state index is 15.4. The number of aromatic carboxylic acids is 1. The third-order valence-electron chi connectivity index (χ3n) is 6.00. The van der Waals surface area contributed by atoms with E-state index < -0.39 is 34.5 Å². The highest BCUT2D eigenvalue weighted by molar-refractivity contribution is 5.97. The number of halogens is 1. The van der Waals surface area contributed by atoms with E-state index in [0.29, 0.717) is 18.6 Å². The molecule has 1 aromatic heterocycles. The number of pyridine rings is 1. The first-order valence-corrected chi connectivity index (χ1v) is 10.9. The molecule has 1 amide bonds. The van der Waals surface area contributed by atoms with Crippen molar-refractivity contribution in [1.29, 1.82) is 0 Å². The largest absolute Gasteiger partial charge is 0.487 e. The predicted octanol–water partition coefficient (Wildman–Crippen LogP) is 3.14. The van der Waals surface area contributed by atoms with Gasteiger partial charge in [-0.05, 0) is 39.7 Å². The normalized spacial score (nSPS) is 22.2. The molecule has 3 atom stereocenters. The molecule has 0 bridgehead atoms. The van der Waals surface area contributed by atoms with Crippen LogP contribution in [0.1, 0.15) is 51.0 Å². The van der Waals surface area contributed by atoms with E-state index in [0.717, 1.165) is 6.07 Å². The Morgan fingerprint density at radius 2 is 1.97 bits per heavy atom. The zero-order valence-electron chi connectivity index (χ0n) is 19.3. The van der Waals surface area contributed by atoms with Gasteiger partial charge in [0.15, 0.2) is 11.6 Å². The number of carbonyl (C=O) groups excluding carboxylic acids is 1. The predicted molar refractivity (Wildman–Crippen MR) is 120 cm³/mol. The van der Waals surface area contributed by atoms with Crippen LogP contribution in [0.5, 0.6) is 5.75 Å². The van der Waals surface area contributed by atoms with Crippen LogP contribution in [0.3, 0.4) is 0 Å². The molecule has 0 aliphatic carbocycles. The minimum Gasteiger partial charge on any atom is -0.487 e. The van der Waals surface area contributed by atoms with Gasteiger partial charge in [-0.15, -0.1) is 0 Å². The fraction of sp³-hybridized carbons (Fsp3) is 0.522. The summed E-state index contributed by atoms with van der Waals surface area (Å²) in [6.07, 6.45) is 0.756. The van der Waals surface area contributed by atoms with Crippen molar-refractivity contribution in [1.82, 2.24) is 9.88 Å². The van der Waals surface area contributed by atoms with E-state index in [2.05, 4.69) is 5.32 Å². The topological polar surface area (TPSA) is 110 Å². The van der Waals surface area contributed by atoms with Gasteiger partial charge in [0.05, 0.1) is 23.0 Å². The lowest BCUT2D eigenvalue weighted by atomic mass is 10.1. The summed E-state index contributed by atoms with van der Waals surface area (Å²) in [5.41, 5.74) is -1.23. The molecule has 1 aromatic carbocycles. The minimum atomic E-state index is -1.36. The summed E-state index contributed by atoms with van der Waals surface area (Å²) in [5, 5.41) is 12.2. The fourth-order valence-corrected chi connectivity index (χ4v) is 4.45. The third kappa shape index (κ3) is 4.09. The standard InChI is InChI=1S/C23H28FN3O6/c1-11-7-26(9-16(11)25-22(31)33-23(3,4)5)18-15(24)6-13-17-20(18)32-10-12(2)27(17)8-14(19(13)28)21(29)30/h6,8,11-12,16H,7,9-10H2,1-5H3,(H,25,31)(H,29,30)/t11-,12?,16+/m1/s1. The first-order chi connectivity index (χ1) is 15.4. The molecule has 4 rings (SSSR count). The van der Waals surface area contributed by atoms with Gasteiger partial charge < -0.3 is 29.4 Å². The van der Waals surface area contributed by atoms with Gasteiger partial charge >= 0.3 is 12.1 Å². The molecule has 0 radical (unpaired) electrons. The lowest BCUT2D eigenvalue weighted by molar-refractivity contribution is 0.0499. The zero-order chi connectivity index (χ0) is 24.2. The highest BCUT2D eigenvalue weighted by atomic mass is 19.1. The Kier molecular flexibility index (Phi) is 5.50. The van der Waals surface area contributed by atoms with E-state index in [1.165, 1.54) is 6.20 Å². The Bertz CT molecular complexity index is 1200. The molecular weight excluding hydrogens is 433 g/mol. The summed E-state index contributed by atoms with van der Waals surface area (Å²) in [5.74, 6) is -1.83. The zero-order valence-corrected chi connectivity index (χ0v) is 19.3. The van der Waals surface area contributed by atoms with Crippen molar-refractivity contribution in [3.05, 3.63) is 33.9 Å². The summed E-state index contributed by atoms with van der Waals surface area (Å²) < 4.78 is 28.3. The van der Waals surface area contributed by atoms with E-state index >= 15 is 4.39 Å². The number of aromatic nitrogens is 1. The summed E-state index contributed by atoms with van der Waals surface area (Å²) >= 11 is 0. The molecule has 0 spiro atoms. The van der Waals surface area contributed by atoms with Gasteiger partial charge in [-0.25, -0.2) is 14.0 Å². The number of hydrogen-bond donors (Lipinski definition) is 2. The van der Waals surface area contributed by atoms with Gasteiger partial charge in [-0.3, -0.25) is 4.79 Å². The molecule has 33 heavy (non-hydrogen) atoms. The SMILES string of the molecule is CC1COc2c(N3C[C@@H](C)[C@@H](NC(=O)OC(C)(C)C)C3)c(F)cc3c(=O)c(C(=O)O)cn1c23. The monoisotopic (exact) mass is 461 g/mol. The molecule has 2 aromatic rings. The Hall–Kier alpha value is -3.30. The van der Waals surface area contributed by atoms with Crippen molar-refractivity contribution < 1.29 is 28.6 Å². The first kappa shape index (κ1) is 22.9. The molecule has 0 saturated carbocycles.